The van der Waals surface area contributed by atoms with Crippen LogP contribution in [0.15, 0.2) is 42.6 Å². The number of carbonyl (C=O) groups is 1. The molecule has 27 heavy (non-hydrogen) atoms. The fourth-order valence-electron chi connectivity index (χ4n) is 2.88. The van der Waals surface area contributed by atoms with E-state index in [1.807, 2.05) is 71.0 Å². The maximum absolute atomic E-state index is 11.9. The summed E-state index contributed by atoms with van der Waals surface area (Å²) in [5, 5.41) is 5.47. The average Bonchev–Trinajstić information content (AvgIpc) is 2.83. The number of carbonyl (C=O) groups excluding carboxylic acids is 1. The smallest absolute Gasteiger partial charge is 0.399 e. The molecule has 1 fully saturated rings. The molecule has 1 aromatic carbocycles. The van der Waals surface area contributed by atoms with Crippen molar-refractivity contribution in [2.45, 2.75) is 45.8 Å². The second kappa shape index (κ2) is 7.33. The zero-order valence-corrected chi connectivity index (χ0v) is 16.5. The van der Waals surface area contributed by atoms with Gasteiger partial charge in [-0.1, -0.05) is 30.3 Å². The van der Waals surface area contributed by atoms with Crippen LogP contribution >= 0.6 is 0 Å². The first kappa shape index (κ1) is 19.4. The topological polar surface area (TPSA) is 72.5 Å². The first-order valence-electron chi connectivity index (χ1n) is 9.19. The van der Waals surface area contributed by atoms with Crippen molar-refractivity contribution >= 4 is 24.4 Å². The van der Waals surface area contributed by atoms with Crippen LogP contribution in [-0.2, 0) is 9.31 Å². The Hall–Kier alpha value is -2.38. The molecule has 0 radical (unpaired) electrons. The third kappa shape index (κ3) is 3.99. The van der Waals surface area contributed by atoms with Crippen molar-refractivity contribution in [1.29, 1.82) is 0 Å². The molecule has 3 rings (SSSR count). The van der Waals surface area contributed by atoms with E-state index in [-0.39, 0.29) is 6.03 Å². The molecule has 2 amide bonds. The molecule has 1 saturated heterocycles. The van der Waals surface area contributed by atoms with Gasteiger partial charge in [-0.3, -0.25) is 5.32 Å². The molecule has 1 aromatic heterocycles. The van der Waals surface area contributed by atoms with Gasteiger partial charge in [-0.2, -0.15) is 0 Å². The molecule has 2 aromatic rings. The third-order valence-electron chi connectivity index (χ3n) is 5.11. The molecular formula is C20H26BN3O3. The fourth-order valence-corrected chi connectivity index (χ4v) is 2.88. The zero-order valence-electron chi connectivity index (χ0n) is 16.5. The predicted molar refractivity (Wildman–Crippen MR) is 108 cm³/mol. The summed E-state index contributed by atoms with van der Waals surface area (Å²) in [5.41, 5.74) is 1.87. The van der Waals surface area contributed by atoms with Gasteiger partial charge in [0.1, 0.15) is 5.82 Å². The number of anilines is 1. The van der Waals surface area contributed by atoms with E-state index < -0.39 is 18.3 Å². The van der Waals surface area contributed by atoms with Crippen LogP contribution in [0.3, 0.4) is 0 Å². The van der Waals surface area contributed by atoms with Crippen LogP contribution in [0.25, 0.3) is 11.1 Å². The van der Waals surface area contributed by atoms with Gasteiger partial charge in [0.25, 0.3) is 0 Å². The van der Waals surface area contributed by atoms with Crippen molar-refractivity contribution in [2.75, 3.05) is 11.9 Å². The summed E-state index contributed by atoms with van der Waals surface area (Å²) in [4.78, 5) is 16.3. The van der Waals surface area contributed by atoms with Gasteiger partial charge in [0, 0.05) is 18.2 Å². The molecular weight excluding hydrogens is 341 g/mol. The summed E-state index contributed by atoms with van der Waals surface area (Å²) in [5.74, 6) is 0.472. The zero-order chi connectivity index (χ0) is 19.7. The van der Waals surface area contributed by atoms with E-state index >= 15 is 0 Å². The summed E-state index contributed by atoms with van der Waals surface area (Å²) in [6.07, 6.45) is 1.71. The Bertz CT molecular complexity index is 808. The molecule has 0 atom stereocenters. The summed E-state index contributed by atoms with van der Waals surface area (Å²) < 4.78 is 12.4. The Morgan fingerprint density at radius 2 is 1.74 bits per heavy atom. The summed E-state index contributed by atoms with van der Waals surface area (Å²) in [6, 6.07) is 11.5. The number of hydrogen-bond donors (Lipinski definition) is 2. The minimum absolute atomic E-state index is 0.285. The van der Waals surface area contributed by atoms with E-state index in [2.05, 4.69) is 15.6 Å². The minimum atomic E-state index is -0.531. The number of hydrogen-bond acceptors (Lipinski definition) is 4. The van der Waals surface area contributed by atoms with E-state index in [9.17, 15) is 4.79 Å². The number of aromatic nitrogens is 1. The molecule has 0 bridgehead atoms. The Balaban J connectivity index is 2.00. The lowest BCUT2D eigenvalue weighted by molar-refractivity contribution is 0.00578. The van der Waals surface area contributed by atoms with E-state index in [1.54, 1.807) is 6.20 Å². The lowest BCUT2D eigenvalue weighted by atomic mass is 9.75. The Kier molecular flexibility index (Phi) is 5.26. The average molecular weight is 367 g/mol. The van der Waals surface area contributed by atoms with Crippen molar-refractivity contribution in [1.82, 2.24) is 10.3 Å². The maximum atomic E-state index is 11.9. The number of benzene rings is 1. The van der Waals surface area contributed by atoms with Gasteiger partial charge >= 0.3 is 13.1 Å². The number of amides is 2. The van der Waals surface area contributed by atoms with Crippen LogP contribution < -0.4 is 16.1 Å². The predicted octanol–water partition coefficient (Wildman–Crippen LogP) is 3.19. The Labute approximate surface area is 160 Å². The molecule has 1 aliphatic heterocycles. The van der Waals surface area contributed by atoms with Crippen molar-refractivity contribution in [3.63, 3.8) is 0 Å². The SMILES string of the molecule is CCNC(=O)Nc1cc(-c2ccccc2)c(B2OC(C)(C)C(C)(C)O2)cn1. The number of nitrogens with one attached hydrogen (secondary N) is 2. The van der Waals surface area contributed by atoms with E-state index in [1.165, 1.54) is 0 Å². The molecule has 2 heterocycles. The highest BCUT2D eigenvalue weighted by Crippen LogP contribution is 2.37. The number of urea groups is 1. The van der Waals surface area contributed by atoms with Crippen LogP contribution in [0, 0.1) is 0 Å². The highest BCUT2D eigenvalue weighted by atomic mass is 16.7. The molecule has 1 aliphatic rings. The lowest BCUT2D eigenvalue weighted by Gasteiger charge is -2.32. The van der Waals surface area contributed by atoms with Gasteiger partial charge in [0.05, 0.1) is 11.2 Å². The Morgan fingerprint density at radius 3 is 2.33 bits per heavy atom. The van der Waals surface area contributed by atoms with E-state index in [0.29, 0.717) is 12.4 Å². The van der Waals surface area contributed by atoms with Crippen molar-refractivity contribution in [3.8, 4) is 11.1 Å². The first-order chi connectivity index (χ1) is 12.7. The van der Waals surface area contributed by atoms with Gasteiger partial charge in [-0.25, -0.2) is 9.78 Å². The first-order valence-corrected chi connectivity index (χ1v) is 9.19. The number of pyridine rings is 1. The molecule has 142 valence electrons. The van der Waals surface area contributed by atoms with Crippen LogP contribution in [0.4, 0.5) is 10.6 Å². The molecule has 7 heteroatoms. The second-order valence-electron chi connectivity index (χ2n) is 7.60. The molecule has 0 saturated carbocycles. The molecule has 0 unspecified atom stereocenters. The van der Waals surface area contributed by atoms with Gasteiger partial charge in [-0.05, 0) is 51.8 Å². The quantitative estimate of drug-likeness (QED) is 0.815. The third-order valence-corrected chi connectivity index (χ3v) is 5.11. The highest BCUT2D eigenvalue weighted by Gasteiger charge is 2.52. The van der Waals surface area contributed by atoms with Crippen molar-refractivity contribution in [3.05, 3.63) is 42.6 Å². The van der Waals surface area contributed by atoms with Crippen LogP contribution in [-0.4, -0.2) is 35.9 Å². The summed E-state index contributed by atoms with van der Waals surface area (Å²) in [7, 11) is -0.531. The van der Waals surface area contributed by atoms with Gasteiger partial charge in [0.15, 0.2) is 0 Å². The lowest BCUT2D eigenvalue weighted by Crippen LogP contribution is -2.41. The van der Waals surface area contributed by atoms with Gasteiger partial charge < -0.3 is 14.6 Å². The Morgan fingerprint density at radius 1 is 1.11 bits per heavy atom. The second-order valence-corrected chi connectivity index (χ2v) is 7.60. The molecule has 2 N–H and O–H groups in total. The maximum Gasteiger partial charge on any atom is 0.497 e. The summed E-state index contributed by atoms with van der Waals surface area (Å²) in [6.45, 7) is 10.5. The minimum Gasteiger partial charge on any atom is -0.399 e. The van der Waals surface area contributed by atoms with E-state index in [0.717, 1.165) is 16.6 Å². The molecule has 0 aliphatic carbocycles. The summed E-state index contributed by atoms with van der Waals surface area (Å²) >= 11 is 0. The van der Waals surface area contributed by atoms with Crippen LogP contribution in [0.2, 0.25) is 0 Å². The van der Waals surface area contributed by atoms with Crippen molar-refractivity contribution < 1.29 is 14.1 Å². The molecule has 0 spiro atoms. The standard InChI is InChI=1S/C20H26BN3O3/c1-6-22-18(25)24-17-12-15(14-10-8-7-9-11-14)16(13-23-17)21-26-19(2,3)20(4,5)27-21/h7-13H,6H2,1-5H3,(H2,22,23,24,25). The van der Waals surface area contributed by atoms with Crippen LogP contribution in [0.1, 0.15) is 34.6 Å². The van der Waals surface area contributed by atoms with Gasteiger partial charge in [0.2, 0.25) is 0 Å². The largest absolute Gasteiger partial charge is 0.497 e. The van der Waals surface area contributed by atoms with Gasteiger partial charge in [-0.15, -0.1) is 0 Å². The van der Waals surface area contributed by atoms with Crippen molar-refractivity contribution in [2.24, 2.45) is 0 Å². The number of nitrogens with zero attached hydrogens (tertiary/aromatic N) is 1. The molecule has 6 nitrogen and oxygen atoms in total. The highest BCUT2D eigenvalue weighted by molar-refractivity contribution is 6.63. The normalized spacial score (nSPS) is 17.6. The van der Waals surface area contributed by atoms with E-state index in [4.69, 9.17) is 9.31 Å². The monoisotopic (exact) mass is 367 g/mol. The fraction of sp³-hybridized carbons (Fsp3) is 0.400. The number of rotatable bonds is 4. The van der Waals surface area contributed by atoms with Crippen LogP contribution in [0.5, 0.6) is 0 Å².